The molecule has 0 unspecified atom stereocenters. The molecule has 0 fully saturated rings. The van der Waals surface area contributed by atoms with E-state index in [-0.39, 0.29) is 24.0 Å². The number of aryl methyl sites for hydroxylation is 1. The van der Waals surface area contributed by atoms with Crippen LogP contribution in [0.5, 0.6) is 5.75 Å². The number of hydrogen-bond acceptors (Lipinski definition) is 5. The van der Waals surface area contributed by atoms with E-state index in [1.54, 1.807) is 26.1 Å². The minimum Gasteiger partial charge on any atom is -0.492 e. The van der Waals surface area contributed by atoms with Gasteiger partial charge in [-0.2, -0.15) is 4.98 Å². The van der Waals surface area contributed by atoms with Gasteiger partial charge in [-0.05, 0) is 31.2 Å². The highest BCUT2D eigenvalue weighted by Gasteiger charge is 2.07. The van der Waals surface area contributed by atoms with Crippen molar-refractivity contribution in [1.29, 1.82) is 0 Å². The Morgan fingerprint density at radius 1 is 1.36 bits per heavy atom. The third kappa shape index (κ3) is 7.47. The van der Waals surface area contributed by atoms with Crippen LogP contribution in [0.4, 0.5) is 0 Å². The first-order chi connectivity index (χ1) is 11.6. The highest BCUT2D eigenvalue weighted by atomic mass is 127. The molecular weight excluding hydrogens is 457 g/mol. The van der Waals surface area contributed by atoms with E-state index in [1.165, 1.54) is 0 Å². The Balaban J connectivity index is 0.00000312. The molecule has 0 spiro atoms. The predicted molar refractivity (Wildman–Crippen MR) is 109 cm³/mol. The summed E-state index contributed by atoms with van der Waals surface area (Å²) in [6.07, 6.45) is 0.648. The molecule has 0 saturated heterocycles. The van der Waals surface area contributed by atoms with Gasteiger partial charge in [0.1, 0.15) is 12.4 Å². The van der Waals surface area contributed by atoms with Crippen molar-refractivity contribution in [3.05, 3.63) is 41.0 Å². The average molecular weight is 480 g/mol. The fourth-order valence-electron chi connectivity index (χ4n) is 2.04. The van der Waals surface area contributed by atoms with Crippen LogP contribution in [0.2, 0.25) is 5.02 Å². The van der Waals surface area contributed by atoms with Gasteiger partial charge in [0, 0.05) is 32.1 Å². The van der Waals surface area contributed by atoms with Gasteiger partial charge in [0.05, 0.1) is 6.54 Å². The topological polar surface area (TPSA) is 75.8 Å². The summed E-state index contributed by atoms with van der Waals surface area (Å²) in [5.74, 6) is 2.84. The molecule has 0 radical (unpaired) electrons. The van der Waals surface area contributed by atoms with Gasteiger partial charge >= 0.3 is 0 Å². The van der Waals surface area contributed by atoms with Crippen LogP contribution in [0.15, 0.2) is 33.8 Å². The Morgan fingerprint density at radius 2 is 2.08 bits per heavy atom. The third-order valence-corrected chi connectivity index (χ3v) is 3.53. The Hall–Kier alpha value is -1.55. The summed E-state index contributed by atoms with van der Waals surface area (Å²) in [6, 6.07) is 7.31. The summed E-state index contributed by atoms with van der Waals surface area (Å²) >= 11 is 5.85. The molecule has 1 N–H and O–H groups in total. The summed E-state index contributed by atoms with van der Waals surface area (Å²) in [6.45, 7) is 3.70. The summed E-state index contributed by atoms with van der Waals surface area (Å²) in [7, 11) is 3.70. The largest absolute Gasteiger partial charge is 0.492 e. The molecular formula is C16H23ClIN5O2. The fourth-order valence-corrected chi connectivity index (χ4v) is 2.17. The molecule has 0 aliphatic heterocycles. The van der Waals surface area contributed by atoms with Gasteiger partial charge < -0.3 is 19.5 Å². The summed E-state index contributed by atoms with van der Waals surface area (Å²) in [4.78, 5) is 10.4. The van der Waals surface area contributed by atoms with E-state index in [9.17, 15) is 0 Å². The normalized spacial score (nSPS) is 11.0. The predicted octanol–water partition coefficient (Wildman–Crippen LogP) is 2.78. The van der Waals surface area contributed by atoms with Crippen LogP contribution in [0.3, 0.4) is 0 Å². The fraction of sp³-hybridized carbons (Fsp3) is 0.438. The number of aromatic nitrogens is 2. The van der Waals surface area contributed by atoms with E-state index in [0.29, 0.717) is 42.9 Å². The minimum atomic E-state index is 0. The highest BCUT2D eigenvalue weighted by Crippen LogP contribution is 2.15. The quantitative estimate of drug-likeness (QED) is 0.374. The van der Waals surface area contributed by atoms with Gasteiger partial charge in [0.25, 0.3) is 0 Å². The Bertz CT molecular complexity index is 663. The van der Waals surface area contributed by atoms with Crippen molar-refractivity contribution in [2.45, 2.75) is 13.3 Å². The van der Waals surface area contributed by atoms with Crippen LogP contribution in [0, 0.1) is 6.92 Å². The number of benzene rings is 1. The number of ether oxygens (including phenoxy) is 1. The van der Waals surface area contributed by atoms with Crippen molar-refractivity contribution in [2.75, 3.05) is 33.8 Å². The van der Waals surface area contributed by atoms with Crippen LogP contribution in [0.1, 0.15) is 11.7 Å². The number of nitrogens with zero attached hydrogens (tertiary/aromatic N) is 4. The van der Waals surface area contributed by atoms with Crippen molar-refractivity contribution in [2.24, 2.45) is 4.99 Å². The Morgan fingerprint density at radius 3 is 2.68 bits per heavy atom. The standard InChI is InChI=1S/C16H22ClN5O2.HI/c1-12-20-15(24-21-12)8-9-19-16(18-2)22(3)10-11-23-14-6-4-13(17)5-7-14;/h4-7H,8-11H2,1-3H3,(H,18,19);1H. The van der Waals surface area contributed by atoms with Gasteiger partial charge in [-0.15, -0.1) is 24.0 Å². The summed E-state index contributed by atoms with van der Waals surface area (Å²) < 4.78 is 10.8. The molecule has 0 saturated carbocycles. The lowest BCUT2D eigenvalue weighted by Crippen LogP contribution is -2.41. The second-order valence-electron chi connectivity index (χ2n) is 5.18. The lowest BCUT2D eigenvalue weighted by Gasteiger charge is -2.21. The first kappa shape index (κ1) is 21.5. The number of guanidine groups is 1. The molecule has 2 rings (SSSR count). The van der Waals surface area contributed by atoms with E-state index in [4.69, 9.17) is 20.9 Å². The minimum absolute atomic E-state index is 0. The van der Waals surface area contributed by atoms with Crippen molar-refractivity contribution in [1.82, 2.24) is 20.4 Å². The highest BCUT2D eigenvalue weighted by molar-refractivity contribution is 14.0. The molecule has 9 heteroatoms. The van der Waals surface area contributed by atoms with Crippen LogP contribution < -0.4 is 10.1 Å². The maximum absolute atomic E-state index is 5.85. The van der Waals surface area contributed by atoms with Crippen molar-refractivity contribution in [3.8, 4) is 5.75 Å². The van der Waals surface area contributed by atoms with E-state index < -0.39 is 0 Å². The SMILES string of the molecule is CN=C(NCCc1nc(C)no1)N(C)CCOc1ccc(Cl)cc1.I. The van der Waals surface area contributed by atoms with Crippen molar-refractivity contribution in [3.63, 3.8) is 0 Å². The molecule has 2 aromatic rings. The first-order valence-corrected chi connectivity index (χ1v) is 8.05. The summed E-state index contributed by atoms with van der Waals surface area (Å²) in [5, 5.41) is 7.72. The van der Waals surface area contributed by atoms with Crippen molar-refractivity contribution < 1.29 is 9.26 Å². The molecule has 25 heavy (non-hydrogen) atoms. The maximum atomic E-state index is 5.85. The van der Waals surface area contributed by atoms with E-state index in [0.717, 1.165) is 11.7 Å². The van der Waals surface area contributed by atoms with Gasteiger partial charge in [-0.1, -0.05) is 16.8 Å². The molecule has 1 aromatic heterocycles. The summed E-state index contributed by atoms with van der Waals surface area (Å²) in [5.41, 5.74) is 0. The molecule has 0 aliphatic rings. The second-order valence-corrected chi connectivity index (χ2v) is 5.62. The molecule has 7 nitrogen and oxygen atoms in total. The molecule has 0 bridgehead atoms. The molecule has 0 aliphatic carbocycles. The number of halogens is 2. The number of rotatable bonds is 7. The Labute approximate surface area is 169 Å². The number of aliphatic imine (C=N–C) groups is 1. The first-order valence-electron chi connectivity index (χ1n) is 7.68. The second kappa shape index (κ2) is 11.1. The van der Waals surface area contributed by atoms with E-state index >= 15 is 0 Å². The molecule has 138 valence electrons. The van der Waals surface area contributed by atoms with Crippen molar-refractivity contribution >= 4 is 41.5 Å². The van der Waals surface area contributed by atoms with E-state index in [1.807, 2.05) is 24.1 Å². The number of nitrogens with one attached hydrogen (secondary N) is 1. The van der Waals surface area contributed by atoms with Gasteiger partial charge in [-0.25, -0.2) is 0 Å². The molecule has 1 heterocycles. The monoisotopic (exact) mass is 479 g/mol. The molecule has 0 amide bonds. The molecule has 1 aromatic carbocycles. The van der Waals surface area contributed by atoms with Crippen LogP contribution in [-0.4, -0.2) is 54.8 Å². The maximum Gasteiger partial charge on any atom is 0.228 e. The average Bonchev–Trinajstić information content (AvgIpc) is 2.98. The Kier molecular flexibility index (Phi) is 9.58. The van der Waals surface area contributed by atoms with Crippen LogP contribution >= 0.6 is 35.6 Å². The van der Waals surface area contributed by atoms with E-state index in [2.05, 4.69) is 20.4 Å². The molecule has 0 atom stereocenters. The lowest BCUT2D eigenvalue weighted by molar-refractivity contribution is 0.281. The zero-order valence-corrected chi connectivity index (χ0v) is 17.6. The smallest absolute Gasteiger partial charge is 0.228 e. The van der Waals surface area contributed by atoms with Gasteiger partial charge in [0.15, 0.2) is 11.8 Å². The third-order valence-electron chi connectivity index (χ3n) is 3.27. The van der Waals surface area contributed by atoms with Gasteiger partial charge in [-0.3, -0.25) is 4.99 Å². The zero-order valence-electron chi connectivity index (χ0n) is 14.5. The number of hydrogen-bond donors (Lipinski definition) is 1. The number of likely N-dealkylation sites (N-methyl/N-ethyl adjacent to an activating group) is 1. The van der Waals surface area contributed by atoms with Crippen LogP contribution in [0.25, 0.3) is 0 Å². The lowest BCUT2D eigenvalue weighted by atomic mass is 10.3. The van der Waals surface area contributed by atoms with Crippen LogP contribution in [-0.2, 0) is 6.42 Å². The van der Waals surface area contributed by atoms with Gasteiger partial charge in [0.2, 0.25) is 5.89 Å². The zero-order chi connectivity index (χ0) is 17.4.